The van der Waals surface area contributed by atoms with Gasteiger partial charge in [0.05, 0.1) is 5.69 Å². The van der Waals surface area contributed by atoms with E-state index in [9.17, 15) is 8.78 Å². The molecular formula is C12H9F2N. The minimum Gasteiger partial charge on any atom is -0.353 e. The summed E-state index contributed by atoms with van der Waals surface area (Å²) in [6, 6.07) is 13.1. The third-order valence-electron chi connectivity index (χ3n) is 2.00. The van der Waals surface area contributed by atoms with E-state index in [1.165, 1.54) is 12.1 Å². The number of halogens is 2. The standard InChI is InChI=1S/C12H9F2N/c13-10-7-4-8-11(12(10)14)15-9-5-2-1-3-6-9/h1-8,15H. The number of anilines is 2. The zero-order valence-electron chi connectivity index (χ0n) is 7.87. The normalized spacial score (nSPS) is 10.0. The summed E-state index contributed by atoms with van der Waals surface area (Å²) in [7, 11) is 0. The molecule has 0 saturated carbocycles. The molecule has 0 fully saturated rings. The van der Waals surface area contributed by atoms with Gasteiger partial charge in [0.1, 0.15) is 0 Å². The van der Waals surface area contributed by atoms with Gasteiger partial charge in [-0.25, -0.2) is 8.78 Å². The van der Waals surface area contributed by atoms with Crippen LogP contribution in [-0.4, -0.2) is 0 Å². The van der Waals surface area contributed by atoms with Gasteiger partial charge in [0.15, 0.2) is 11.6 Å². The van der Waals surface area contributed by atoms with Crippen LogP contribution in [-0.2, 0) is 0 Å². The van der Waals surface area contributed by atoms with E-state index in [1.807, 2.05) is 18.2 Å². The summed E-state index contributed by atoms with van der Waals surface area (Å²) < 4.78 is 26.1. The quantitative estimate of drug-likeness (QED) is 0.788. The van der Waals surface area contributed by atoms with Crippen LogP contribution >= 0.6 is 0 Å². The summed E-state index contributed by atoms with van der Waals surface area (Å²) >= 11 is 0. The van der Waals surface area contributed by atoms with Gasteiger partial charge < -0.3 is 5.32 Å². The van der Waals surface area contributed by atoms with Crippen LogP contribution < -0.4 is 5.32 Å². The van der Waals surface area contributed by atoms with Gasteiger partial charge in [-0.3, -0.25) is 0 Å². The van der Waals surface area contributed by atoms with Gasteiger partial charge in [-0.1, -0.05) is 24.3 Å². The number of rotatable bonds is 2. The van der Waals surface area contributed by atoms with E-state index in [0.717, 1.165) is 11.8 Å². The van der Waals surface area contributed by atoms with Gasteiger partial charge in [0.2, 0.25) is 0 Å². The predicted molar refractivity (Wildman–Crippen MR) is 56.1 cm³/mol. The van der Waals surface area contributed by atoms with E-state index < -0.39 is 11.6 Å². The predicted octanol–water partition coefficient (Wildman–Crippen LogP) is 3.71. The van der Waals surface area contributed by atoms with Crippen LogP contribution in [0.4, 0.5) is 20.2 Å². The lowest BCUT2D eigenvalue weighted by molar-refractivity contribution is 0.512. The van der Waals surface area contributed by atoms with E-state index in [1.54, 1.807) is 12.1 Å². The molecule has 0 aliphatic carbocycles. The second-order valence-electron chi connectivity index (χ2n) is 3.09. The molecule has 2 aromatic rings. The molecule has 0 heterocycles. The van der Waals surface area contributed by atoms with Gasteiger partial charge in [-0.05, 0) is 24.3 Å². The van der Waals surface area contributed by atoms with Crippen LogP contribution in [0, 0.1) is 11.6 Å². The third kappa shape index (κ3) is 2.13. The number of hydrogen-bond donors (Lipinski definition) is 1. The van der Waals surface area contributed by atoms with Crippen molar-refractivity contribution in [1.29, 1.82) is 0 Å². The molecule has 0 atom stereocenters. The van der Waals surface area contributed by atoms with Crippen molar-refractivity contribution in [3.63, 3.8) is 0 Å². The number of nitrogens with one attached hydrogen (secondary N) is 1. The Labute approximate surface area is 86.4 Å². The highest BCUT2D eigenvalue weighted by Crippen LogP contribution is 2.21. The molecule has 15 heavy (non-hydrogen) atoms. The number of benzene rings is 2. The third-order valence-corrected chi connectivity index (χ3v) is 2.00. The van der Waals surface area contributed by atoms with Gasteiger partial charge in [-0.2, -0.15) is 0 Å². The molecule has 1 N–H and O–H groups in total. The van der Waals surface area contributed by atoms with Crippen molar-refractivity contribution < 1.29 is 8.78 Å². The molecule has 76 valence electrons. The first-order valence-electron chi connectivity index (χ1n) is 4.53. The van der Waals surface area contributed by atoms with Crippen molar-refractivity contribution in [3.8, 4) is 0 Å². The topological polar surface area (TPSA) is 12.0 Å². The summed E-state index contributed by atoms with van der Waals surface area (Å²) in [5.41, 5.74) is 0.864. The Morgan fingerprint density at radius 2 is 1.53 bits per heavy atom. The molecule has 0 spiro atoms. The van der Waals surface area contributed by atoms with E-state index in [4.69, 9.17) is 0 Å². The lowest BCUT2D eigenvalue weighted by Crippen LogP contribution is -1.95. The fourth-order valence-corrected chi connectivity index (χ4v) is 1.28. The summed E-state index contributed by atoms with van der Waals surface area (Å²) in [5.74, 6) is -1.71. The van der Waals surface area contributed by atoms with Crippen molar-refractivity contribution in [3.05, 3.63) is 60.2 Å². The molecule has 2 aromatic carbocycles. The zero-order valence-corrected chi connectivity index (χ0v) is 7.87. The van der Waals surface area contributed by atoms with Crippen LogP contribution in [0.25, 0.3) is 0 Å². The molecule has 0 radical (unpaired) electrons. The molecule has 2 rings (SSSR count). The summed E-state index contributed by atoms with van der Waals surface area (Å²) in [5, 5.41) is 2.80. The van der Waals surface area contributed by atoms with Crippen LogP contribution in [0.5, 0.6) is 0 Å². The molecule has 0 unspecified atom stereocenters. The van der Waals surface area contributed by atoms with Crippen LogP contribution in [0.3, 0.4) is 0 Å². The molecule has 1 nitrogen and oxygen atoms in total. The monoisotopic (exact) mass is 205 g/mol. The fourth-order valence-electron chi connectivity index (χ4n) is 1.28. The second-order valence-corrected chi connectivity index (χ2v) is 3.09. The van der Waals surface area contributed by atoms with E-state index in [-0.39, 0.29) is 5.69 Å². The van der Waals surface area contributed by atoms with Gasteiger partial charge in [-0.15, -0.1) is 0 Å². The second kappa shape index (κ2) is 4.09. The van der Waals surface area contributed by atoms with E-state index >= 15 is 0 Å². The smallest absolute Gasteiger partial charge is 0.182 e. The zero-order chi connectivity index (χ0) is 10.7. The summed E-state index contributed by atoms with van der Waals surface area (Å²) in [6.07, 6.45) is 0. The lowest BCUT2D eigenvalue weighted by atomic mass is 10.2. The highest BCUT2D eigenvalue weighted by Gasteiger charge is 2.06. The first kappa shape index (κ1) is 9.65. The van der Waals surface area contributed by atoms with Gasteiger partial charge in [0, 0.05) is 5.69 Å². The first-order chi connectivity index (χ1) is 7.27. The average Bonchev–Trinajstić information content (AvgIpc) is 2.26. The van der Waals surface area contributed by atoms with Crippen LogP contribution in [0.2, 0.25) is 0 Å². The van der Waals surface area contributed by atoms with Gasteiger partial charge in [0.25, 0.3) is 0 Å². The maximum Gasteiger partial charge on any atom is 0.182 e. The number of hydrogen-bond acceptors (Lipinski definition) is 1. The van der Waals surface area contributed by atoms with Crippen molar-refractivity contribution in [2.24, 2.45) is 0 Å². The Balaban J connectivity index is 2.29. The first-order valence-corrected chi connectivity index (χ1v) is 4.53. The van der Waals surface area contributed by atoms with E-state index in [2.05, 4.69) is 5.32 Å². The maximum atomic E-state index is 13.2. The maximum absolute atomic E-state index is 13.2. The van der Waals surface area contributed by atoms with Crippen LogP contribution in [0.15, 0.2) is 48.5 Å². The highest BCUT2D eigenvalue weighted by atomic mass is 19.2. The van der Waals surface area contributed by atoms with Gasteiger partial charge >= 0.3 is 0 Å². The summed E-state index contributed by atoms with van der Waals surface area (Å²) in [6.45, 7) is 0. The Morgan fingerprint density at radius 3 is 2.27 bits per heavy atom. The molecule has 0 amide bonds. The molecule has 0 bridgehead atoms. The van der Waals surface area contributed by atoms with Crippen molar-refractivity contribution >= 4 is 11.4 Å². The average molecular weight is 205 g/mol. The molecule has 0 saturated heterocycles. The number of para-hydroxylation sites is 1. The Morgan fingerprint density at radius 1 is 0.800 bits per heavy atom. The molecule has 0 aliphatic heterocycles. The molecule has 3 heteroatoms. The Hall–Kier alpha value is -1.90. The Kier molecular flexibility index (Phi) is 2.63. The molecule has 0 aliphatic rings. The summed E-state index contributed by atoms with van der Waals surface area (Å²) in [4.78, 5) is 0. The minimum absolute atomic E-state index is 0.140. The fraction of sp³-hybridized carbons (Fsp3) is 0. The van der Waals surface area contributed by atoms with Crippen LogP contribution in [0.1, 0.15) is 0 Å². The van der Waals surface area contributed by atoms with Crippen molar-refractivity contribution in [2.75, 3.05) is 5.32 Å². The molecule has 0 aromatic heterocycles. The molecular weight excluding hydrogens is 196 g/mol. The largest absolute Gasteiger partial charge is 0.353 e. The SMILES string of the molecule is Fc1cccc(Nc2ccccc2)c1F. The minimum atomic E-state index is -0.860. The highest BCUT2D eigenvalue weighted by molar-refractivity contribution is 5.59. The van der Waals surface area contributed by atoms with Crippen molar-refractivity contribution in [2.45, 2.75) is 0 Å². The Bertz CT molecular complexity index is 454. The van der Waals surface area contributed by atoms with E-state index in [0.29, 0.717) is 0 Å². The van der Waals surface area contributed by atoms with Crippen molar-refractivity contribution in [1.82, 2.24) is 0 Å². The lowest BCUT2D eigenvalue weighted by Gasteiger charge is -2.07.